The second-order valence-electron chi connectivity index (χ2n) is 7.57. The quantitative estimate of drug-likeness (QED) is 0.888. The number of carboxylic acid groups (broad SMARTS) is 1. The van der Waals surface area contributed by atoms with E-state index in [1.807, 2.05) is 0 Å². The molecule has 1 aromatic heterocycles. The van der Waals surface area contributed by atoms with Gasteiger partial charge in [-0.05, 0) is 56.4 Å². The summed E-state index contributed by atoms with van der Waals surface area (Å²) < 4.78 is 5.83. The van der Waals surface area contributed by atoms with Crippen molar-refractivity contribution in [2.75, 3.05) is 13.1 Å². The fourth-order valence-electron chi connectivity index (χ4n) is 4.19. The highest BCUT2D eigenvalue weighted by atomic mass is 16.5. The standard InChI is InChI=1S/C19H24N2O4/c22-18(21-10-15(12-5-6-12)16(11-21)19(23)24)13-7-8-17(20-9-13)25-14-3-1-2-4-14/h7-9,12,14-16H,1-6,10-11H2,(H,23,24)/t15-,16+/m1/s1. The Morgan fingerprint density at radius 1 is 1.12 bits per heavy atom. The Labute approximate surface area is 147 Å². The van der Waals surface area contributed by atoms with Crippen LogP contribution in [0.15, 0.2) is 18.3 Å². The van der Waals surface area contributed by atoms with Crippen molar-refractivity contribution in [2.45, 2.75) is 44.6 Å². The van der Waals surface area contributed by atoms with Gasteiger partial charge in [-0.2, -0.15) is 0 Å². The molecule has 25 heavy (non-hydrogen) atoms. The van der Waals surface area contributed by atoms with E-state index in [-0.39, 0.29) is 17.9 Å². The van der Waals surface area contributed by atoms with Crippen LogP contribution in [0.2, 0.25) is 0 Å². The van der Waals surface area contributed by atoms with E-state index in [1.165, 1.54) is 12.8 Å². The molecule has 134 valence electrons. The van der Waals surface area contributed by atoms with E-state index >= 15 is 0 Å². The van der Waals surface area contributed by atoms with Crippen LogP contribution >= 0.6 is 0 Å². The van der Waals surface area contributed by atoms with E-state index in [2.05, 4.69) is 4.98 Å². The Morgan fingerprint density at radius 2 is 1.88 bits per heavy atom. The van der Waals surface area contributed by atoms with Gasteiger partial charge in [0.2, 0.25) is 5.88 Å². The van der Waals surface area contributed by atoms with Crippen LogP contribution in [0.1, 0.15) is 48.9 Å². The summed E-state index contributed by atoms with van der Waals surface area (Å²) in [6, 6.07) is 3.48. The molecule has 1 saturated heterocycles. The van der Waals surface area contributed by atoms with E-state index in [1.54, 1.807) is 23.2 Å². The Morgan fingerprint density at radius 3 is 2.48 bits per heavy atom. The number of aromatic nitrogens is 1. The number of hydrogen-bond donors (Lipinski definition) is 1. The van der Waals surface area contributed by atoms with Crippen molar-refractivity contribution >= 4 is 11.9 Å². The molecule has 6 heteroatoms. The molecule has 0 aromatic carbocycles. The first-order valence-electron chi connectivity index (χ1n) is 9.26. The molecule has 3 aliphatic rings. The number of carboxylic acids is 1. The van der Waals surface area contributed by atoms with Gasteiger partial charge >= 0.3 is 5.97 Å². The van der Waals surface area contributed by atoms with Gasteiger partial charge < -0.3 is 14.7 Å². The lowest BCUT2D eigenvalue weighted by Gasteiger charge is -2.17. The van der Waals surface area contributed by atoms with Gasteiger partial charge in [0.15, 0.2) is 0 Å². The summed E-state index contributed by atoms with van der Waals surface area (Å²) in [6.45, 7) is 0.844. The monoisotopic (exact) mass is 344 g/mol. The molecule has 1 aliphatic heterocycles. The number of amides is 1. The topological polar surface area (TPSA) is 79.7 Å². The summed E-state index contributed by atoms with van der Waals surface area (Å²) in [5.41, 5.74) is 0.499. The first kappa shape index (κ1) is 16.4. The molecule has 2 aliphatic carbocycles. The molecule has 6 nitrogen and oxygen atoms in total. The SMILES string of the molecule is O=C(O)[C@H]1CN(C(=O)c2ccc(OC3CCCC3)nc2)C[C@@H]1C1CC1. The fourth-order valence-corrected chi connectivity index (χ4v) is 4.19. The number of nitrogens with zero attached hydrogens (tertiary/aromatic N) is 2. The zero-order chi connectivity index (χ0) is 17.4. The van der Waals surface area contributed by atoms with Crippen LogP contribution in [-0.2, 0) is 4.79 Å². The van der Waals surface area contributed by atoms with Gasteiger partial charge in [0, 0.05) is 25.4 Å². The first-order valence-corrected chi connectivity index (χ1v) is 9.26. The van der Waals surface area contributed by atoms with Crippen LogP contribution in [-0.4, -0.2) is 46.1 Å². The third-order valence-electron chi connectivity index (χ3n) is 5.77. The van der Waals surface area contributed by atoms with Crippen molar-refractivity contribution in [1.29, 1.82) is 0 Å². The zero-order valence-corrected chi connectivity index (χ0v) is 14.3. The van der Waals surface area contributed by atoms with Crippen molar-refractivity contribution in [3.05, 3.63) is 23.9 Å². The number of carbonyl (C=O) groups excluding carboxylic acids is 1. The summed E-state index contributed by atoms with van der Waals surface area (Å²) in [7, 11) is 0. The van der Waals surface area contributed by atoms with Crippen molar-refractivity contribution < 1.29 is 19.4 Å². The van der Waals surface area contributed by atoms with Gasteiger partial charge in [-0.1, -0.05) is 0 Å². The molecular weight excluding hydrogens is 320 g/mol. The molecule has 2 atom stereocenters. The van der Waals surface area contributed by atoms with Crippen LogP contribution in [0, 0.1) is 17.8 Å². The third kappa shape index (κ3) is 3.48. The summed E-state index contributed by atoms with van der Waals surface area (Å²) in [4.78, 5) is 30.1. The van der Waals surface area contributed by atoms with Gasteiger partial charge in [0.1, 0.15) is 6.10 Å². The largest absolute Gasteiger partial charge is 0.481 e. The number of ether oxygens (including phenoxy) is 1. The number of pyridine rings is 1. The summed E-state index contributed by atoms with van der Waals surface area (Å²) in [5.74, 6) is -0.225. The Bertz CT molecular complexity index is 650. The molecular formula is C19H24N2O4. The van der Waals surface area contributed by atoms with E-state index in [9.17, 15) is 14.7 Å². The zero-order valence-electron chi connectivity index (χ0n) is 14.3. The van der Waals surface area contributed by atoms with Crippen LogP contribution in [0.3, 0.4) is 0 Å². The number of rotatable bonds is 5. The molecule has 1 aromatic rings. The molecule has 1 amide bonds. The van der Waals surface area contributed by atoms with Gasteiger partial charge in [-0.25, -0.2) is 4.98 Å². The molecule has 3 fully saturated rings. The molecule has 4 rings (SSSR count). The predicted molar refractivity (Wildman–Crippen MR) is 90.4 cm³/mol. The number of carbonyl (C=O) groups is 2. The van der Waals surface area contributed by atoms with Gasteiger partial charge in [0.05, 0.1) is 11.5 Å². The van der Waals surface area contributed by atoms with E-state index in [0.717, 1.165) is 25.7 Å². The average Bonchev–Trinajstić information content (AvgIpc) is 3.15. The molecule has 0 spiro atoms. The summed E-state index contributed by atoms with van der Waals surface area (Å²) in [6.07, 6.45) is 8.49. The van der Waals surface area contributed by atoms with Gasteiger partial charge in [-0.3, -0.25) is 9.59 Å². The predicted octanol–water partition coefficient (Wildman–Crippen LogP) is 2.59. The second-order valence-corrected chi connectivity index (χ2v) is 7.57. The van der Waals surface area contributed by atoms with Crippen molar-refractivity contribution in [3.8, 4) is 5.88 Å². The molecule has 0 unspecified atom stereocenters. The highest BCUT2D eigenvalue weighted by molar-refractivity contribution is 5.94. The maximum absolute atomic E-state index is 12.7. The Balaban J connectivity index is 1.41. The van der Waals surface area contributed by atoms with Crippen LogP contribution in [0.25, 0.3) is 0 Å². The highest BCUT2D eigenvalue weighted by Gasteiger charge is 2.46. The van der Waals surface area contributed by atoms with Crippen molar-refractivity contribution in [3.63, 3.8) is 0 Å². The number of aliphatic carboxylic acids is 1. The lowest BCUT2D eigenvalue weighted by Crippen LogP contribution is -2.30. The number of likely N-dealkylation sites (tertiary alicyclic amines) is 1. The summed E-state index contributed by atoms with van der Waals surface area (Å²) >= 11 is 0. The Hall–Kier alpha value is -2.11. The minimum Gasteiger partial charge on any atom is -0.481 e. The molecule has 2 heterocycles. The molecule has 2 saturated carbocycles. The van der Waals surface area contributed by atoms with E-state index in [4.69, 9.17) is 4.74 Å². The maximum atomic E-state index is 12.7. The molecule has 0 bridgehead atoms. The number of hydrogen-bond acceptors (Lipinski definition) is 4. The fraction of sp³-hybridized carbons (Fsp3) is 0.632. The van der Waals surface area contributed by atoms with E-state index in [0.29, 0.717) is 30.5 Å². The third-order valence-corrected chi connectivity index (χ3v) is 5.77. The molecule has 1 N–H and O–H groups in total. The highest BCUT2D eigenvalue weighted by Crippen LogP contribution is 2.44. The normalized spacial score (nSPS) is 26.8. The summed E-state index contributed by atoms with van der Waals surface area (Å²) in [5, 5.41) is 9.44. The van der Waals surface area contributed by atoms with Gasteiger partial charge in [-0.15, -0.1) is 0 Å². The van der Waals surface area contributed by atoms with Crippen LogP contribution in [0.5, 0.6) is 5.88 Å². The first-order chi connectivity index (χ1) is 12.1. The lowest BCUT2D eigenvalue weighted by molar-refractivity contribution is -0.142. The Kier molecular flexibility index (Phi) is 4.36. The molecule has 0 radical (unpaired) electrons. The average molecular weight is 344 g/mol. The second kappa shape index (κ2) is 6.65. The minimum atomic E-state index is -0.786. The van der Waals surface area contributed by atoms with Crippen molar-refractivity contribution in [2.24, 2.45) is 17.8 Å². The smallest absolute Gasteiger partial charge is 0.308 e. The van der Waals surface area contributed by atoms with Crippen molar-refractivity contribution in [1.82, 2.24) is 9.88 Å². The van der Waals surface area contributed by atoms with Gasteiger partial charge in [0.25, 0.3) is 5.91 Å². The van der Waals surface area contributed by atoms with E-state index < -0.39 is 11.9 Å². The minimum absolute atomic E-state index is 0.0967. The maximum Gasteiger partial charge on any atom is 0.308 e. The lowest BCUT2D eigenvalue weighted by atomic mass is 9.92. The van der Waals surface area contributed by atoms with Crippen LogP contribution < -0.4 is 4.74 Å². The van der Waals surface area contributed by atoms with Crippen LogP contribution in [0.4, 0.5) is 0 Å².